The minimum Gasteiger partial charge on any atom is -0.467 e. The van der Waals surface area contributed by atoms with E-state index < -0.39 is 35.0 Å². The SMILES string of the molecule is CCCC(NC(=O)Cc1cc(F)cc(F)c1)C(=O)Nc1cn(C2(C(=O)OC)CCC2)cn1. The zero-order valence-electron chi connectivity index (χ0n) is 18.0. The lowest BCUT2D eigenvalue weighted by molar-refractivity contribution is -0.156. The van der Waals surface area contributed by atoms with E-state index in [4.69, 9.17) is 4.74 Å². The Morgan fingerprint density at radius 3 is 2.47 bits per heavy atom. The Morgan fingerprint density at radius 1 is 1.22 bits per heavy atom. The summed E-state index contributed by atoms with van der Waals surface area (Å²) in [4.78, 5) is 41.5. The monoisotopic (exact) mass is 448 g/mol. The fourth-order valence-electron chi connectivity index (χ4n) is 3.81. The molecule has 8 nitrogen and oxygen atoms in total. The molecule has 1 aromatic carbocycles. The molecule has 1 aliphatic rings. The summed E-state index contributed by atoms with van der Waals surface area (Å²) in [5.41, 5.74) is -0.634. The van der Waals surface area contributed by atoms with Gasteiger partial charge in [-0.15, -0.1) is 0 Å². The Balaban J connectivity index is 1.64. The molecule has 1 fully saturated rings. The summed E-state index contributed by atoms with van der Waals surface area (Å²) in [5, 5.41) is 5.26. The second-order valence-corrected chi connectivity index (χ2v) is 7.90. The van der Waals surface area contributed by atoms with Gasteiger partial charge in [-0.25, -0.2) is 18.6 Å². The number of nitrogens with zero attached hydrogens (tertiary/aromatic N) is 2. The molecule has 2 aromatic rings. The standard InChI is InChI=1S/C22H26F2N4O4/c1-3-5-17(26-19(29)10-14-8-15(23)11-16(24)9-14)20(30)27-18-12-28(13-25-18)22(6-4-7-22)21(31)32-2/h8-9,11-13,17H,3-7,10H2,1-2H3,(H,26,29)(H,27,30). The zero-order valence-corrected chi connectivity index (χ0v) is 18.0. The first-order chi connectivity index (χ1) is 15.3. The lowest BCUT2D eigenvalue weighted by atomic mass is 9.76. The van der Waals surface area contributed by atoms with Crippen molar-refractivity contribution in [2.75, 3.05) is 12.4 Å². The van der Waals surface area contributed by atoms with Crippen LogP contribution in [0, 0.1) is 11.6 Å². The summed E-state index contributed by atoms with van der Waals surface area (Å²) >= 11 is 0. The van der Waals surface area contributed by atoms with Gasteiger partial charge >= 0.3 is 5.97 Å². The highest BCUT2D eigenvalue weighted by Crippen LogP contribution is 2.40. The van der Waals surface area contributed by atoms with Gasteiger partial charge in [-0.1, -0.05) is 13.3 Å². The van der Waals surface area contributed by atoms with Crippen molar-refractivity contribution in [2.45, 2.75) is 57.0 Å². The number of carbonyl (C=O) groups is 3. The lowest BCUT2D eigenvalue weighted by Gasteiger charge is -2.39. The molecule has 1 heterocycles. The van der Waals surface area contributed by atoms with Crippen LogP contribution in [0.3, 0.4) is 0 Å². The number of ether oxygens (including phenoxy) is 1. The molecule has 0 radical (unpaired) electrons. The third-order valence-electron chi connectivity index (χ3n) is 5.59. The molecular formula is C22H26F2N4O4. The van der Waals surface area contributed by atoms with Gasteiger partial charge < -0.3 is 19.9 Å². The average molecular weight is 448 g/mol. The Morgan fingerprint density at radius 2 is 1.91 bits per heavy atom. The number of esters is 1. The van der Waals surface area contributed by atoms with Crippen LogP contribution in [-0.2, 0) is 31.1 Å². The number of nitrogens with one attached hydrogen (secondary N) is 2. The van der Waals surface area contributed by atoms with Gasteiger partial charge in [0.25, 0.3) is 0 Å². The van der Waals surface area contributed by atoms with Gasteiger partial charge in [0.05, 0.1) is 19.9 Å². The first-order valence-corrected chi connectivity index (χ1v) is 10.5. The number of aromatic nitrogens is 2. The van der Waals surface area contributed by atoms with E-state index >= 15 is 0 Å². The van der Waals surface area contributed by atoms with Crippen molar-refractivity contribution in [1.29, 1.82) is 0 Å². The fourth-order valence-corrected chi connectivity index (χ4v) is 3.81. The van der Waals surface area contributed by atoms with Gasteiger partial charge in [-0.05, 0) is 43.4 Å². The van der Waals surface area contributed by atoms with Crippen LogP contribution in [0.25, 0.3) is 0 Å². The molecule has 32 heavy (non-hydrogen) atoms. The maximum Gasteiger partial charge on any atom is 0.332 e. The number of carbonyl (C=O) groups excluding carboxylic acids is 3. The molecule has 1 atom stereocenters. The van der Waals surface area contributed by atoms with Crippen molar-refractivity contribution < 1.29 is 27.9 Å². The molecule has 3 rings (SSSR count). The summed E-state index contributed by atoms with van der Waals surface area (Å²) in [6.45, 7) is 1.86. The number of hydrogen-bond acceptors (Lipinski definition) is 5. The lowest BCUT2D eigenvalue weighted by Crippen LogP contribution is -2.48. The topological polar surface area (TPSA) is 102 Å². The summed E-state index contributed by atoms with van der Waals surface area (Å²) in [6.07, 6.45) is 5.88. The minimum absolute atomic E-state index is 0.169. The van der Waals surface area contributed by atoms with Crippen LogP contribution in [0.2, 0.25) is 0 Å². The minimum atomic E-state index is -0.852. The van der Waals surface area contributed by atoms with Crippen molar-refractivity contribution in [3.63, 3.8) is 0 Å². The fraction of sp³-hybridized carbons (Fsp3) is 0.455. The molecule has 1 saturated carbocycles. The molecule has 0 bridgehead atoms. The first kappa shape index (κ1) is 23.4. The number of hydrogen-bond donors (Lipinski definition) is 2. The van der Waals surface area contributed by atoms with Gasteiger partial charge in [0, 0.05) is 12.3 Å². The summed E-state index contributed by atoms with van der Waals surface area (Å²) in [6, 6.07) is 2.01. The van der Waals surface area contributed by atoms with Gasteiger partial charge in [0.2, 0.25) is 11.8 Å². The highest BCUT2D eigenvalue weighted by Gasteiger charge is 2.47. The third kappa shape index (κ3) is 5.12. The molecule has 1 aromatic heterocycles. The van der Waals surface area contributed by atoms with Crippen LogP contribution in [0.5, 0.6) is 0 Å². The van der Waals surface area contributed by atoms with Crippen molar-refractivity contribution in [2.24, 2.45) is 0 Å². The maximum atomic E-state index is 13.3. The first-order valence-electron chi connectivity index (χ1n) is 10.5. The summed E-state index contributed by atoms with van der Waals surface area (Å²) < 4.78 is 33.2. The molecule has 0 spiro atoms. The van der Waals surface area contributed by atoms with Crippen molar-refractivity contribution in [1.82, 2.24) is 14.9 Å². The molecule has 172 valence electrons. The molecular weight excluding hydrogens is 422 g/mol. The number of rotatable bonds is 9. The van der Waals surface area contributed by atoms with Crippen molar-refractivity contribution in [3.8, 4) is 0 Å². The van der Waals surface area contributed by atoms with E-state index in [0.717, 1.165) is 24.6 Å². The van der Waals surface area contributed by atoms with Crippen LogP contribution >= 0.6 is 0 Å². The number of benzene rings is 1. The van der Waals surface area contributed by atoms with Crippen LogP contribution in [0.15, 0.2) is 30.7 Å². The smallest absolute Gasteiger partial charge is 0.332 e. The molecule has 10 heteroatoms. The number of amides is 2. The maximum absolute atomic E-state index is 13.3. The predicted octanol–water partition coefficient (Wildman–Crippen LogP) is 2.68. The van der Waals surface area contributed by atoms with Gasteiger partial charge in [-0.3, -0.25) is 9.59 Å². The number of methoxy groups -OCH3 is 1. The molecule has 1 unspecified atom stereocenters. The van der Waals surface area contributed by atoms with E-state index in [1.165, 1.54) is 13.4 Å². The second kappa shape index (κ2) is 9.88. The van der Waals surface area contributed by atoms with E-state index in [1.54, 1.807) is 10.8 Å². The Kier molecular flexibility index (Phi) is 7.22. The van der Waals surface area contributed by atoms with E-state index in [9.17, 15) is 23.2 Å². The van der Waals surface area contributed by atoms with Gasteiger partial charge in [0.1, 0.15) is 23.2 Å². The number of imidazole rings is 1. The van der Waals surface area contributed by atoms with Crippen molar-refractivity contribution >= 4 is 23.6 Å². The van der Waals surface area contributed by atoms with E-state index in [0.29, 0.717) is 25.7 Å². The van der Waals surface area contributed by atoms with Crippen LogP contribution in [0.4, 0.5) is 14.6 Å². The number of halogens is 2. The van der Waals surface area contributed by atoms with Crippen LogP contribution < -0.4 is 10.6 Å². The molecule has 2 N–H and O–H groups in total. The van der Waals surface area contributed by atoms with Crippen molar-refractivity contribution in [3.05, 3.63) is 47.9 Å². The van der Waals surface area contributed by atoms with Gasteiger partial charge in [0.15, 0.2) is 5.82 Å². The number of anilines is 1. The quantitative estimate of drug-likeness (QED) is 0.575. The summed E-state index contributed by atoms with van der Waals surface area (Å²) in [5.74, 6) is -2.67. The zero-order chi connectivity index (χ0) is 23.3. The summed E-state index contributed by atoms with van der Waals surface area (Å²) in [7, 11) is 1.33. The van der Waals surface area contributed by atoms with E-state index in [1.807, 2.05) is 6.92 Å². The highest BCUT2D eigenvalue weighted by molar-refractivity contribution is 5.96. The second-order valence-electron chi connectivity index (χ2n) is 7.90. The highest BCUT2D eigenvalue weighted by atomic mass is 19.1. The molecule has 0 aliphatic heterocycles. The Bertz CT molecular complexity index is 983. The largest absolute Gasteiger partial charge is 0.467 e. The average Bonchev–Trinajstić information content (AvgIpc) is 3.14. The van der Waals surface area contributed by atoms with E-state index in [-0.39, 0.29) is 23.8 Å². The molecule has 0 saturated heterocycles. The molecule has 1 aliphatic carbocycles. The third-order valence-corrected chi connectivity index (χ3v) is 5.59. The Hall–Kier alpha value is -3.30. The van der Waals surface area contributed by atoms with E-state index in [2.05, 4.69) is 15.6 Å². The van der Waals surface area contributed by atoms with Crippen LogP contribution in [0.1, 0.15) is 44.6 Å². The normalized spacial score (nSPS) is 15.4. The predicted molar refractivity (Wildman–Crippen MR) is 112 cm³/mol. The Labute approximate surface area is 184 Å². The van der Waals surface area contributed by atoms with Crippen LogP contribution in [-0.4, -0.2) is 40.5 Å². The molecule has 2 amide bonds. The van der Waals surface area contributed by atoms with Gasteiger partial charge in [-0.2, -0.15) is 0 Å².